The number of rotatable bonds is 5. The van der Waals surface area contributed by atoms with Crippen molar-refractivity contribution < 1.29 is 19.0 Å². The fourth-order valence-corrected chi connectivity index (χ4v) is 3.80. The largest absolute Gasteiger partial charge is 0.496 e. The standard InChI is InChI=1S/C21H24N2O4/c1-13-10-14-11-19(26-3)16(12-18(14)27-13)20-22-17-7-5-4-6-15(17)21(24)23(20)8-9-25-2/h4-7,11-13,20,22H,8-10H2,1-3H3. The monoisotopic (exact) mass is 368 g/mol. The molecule has 0 fully saturated rings. The molecule has 0 spiro atoms. The summed E-state index contributed by atoms with van der Waals surface area (Å²) in [6.45, 7) is 2.97. The predicted octanol–water partition coefficient (Wildman–Crippen LogP) is 3.23. The molecule has 1 amide bonds. The molecule has 2 heterocycles. The van der Waals surface area contributed by atoms with Crippen LogP contribution in [0.1, 0.15) is 34.6 Å². The van der Waals surface area contributed by atoms with Gasteiger partial charge in [0.15, 0.2) is 0 Å². The maximum absolute atomic E-state index is 13.2. The third-order valence-corrected chi connectivity index (χ3v) is 5.10. The summed E-state index contributed by atoms with van der Waals surface area (Å²) < 4.78 is 16.8. The summed E-state index contributed by atoms with van der Waals surface area (Å²) in [7, 11) is 3.29. The summed E-state index contributed by atoms with van der Waals surface area (Å²) >= 11 is 0. The second-order valence-corrected chi connectivity index (χ2v) is 6.92. The molecule has 4 rings (SSSR count). The van der Waals surface area contributed by atoms with Crippen LogP contribution in [0.3, 0.4) is 0 Å². The number of nitrogens with zero attached hydrogens (tertiary/aromatic N) is 1. The van der Waals surface area contributed by atoms with Crippen LogP contribution < -0.4 is 14.8 Å². The van der Waals surface area contributed by atoms with Crippen molar-refractivity contribution in [3.8, 4) is 11.5 Å². The first-order chi connectivity index (χ1) is 13.1. The average molecular weight is 368 g/mol. The van der Waals surface area contributed by atoms with Crippen molar-refractivity contribution in [1.82, 2.24) is 4.90 Å². The van der Waals surface area contributed by atoms with Gasteiger partial charge in [-0.3, -0.25) is 4.79 Å². The van der Waals surface area contributed by atoms with Crippen LogP contribution in [-0.2, 0) is 11.2 Å². The number of nitrogens with one attached hydrogen (secondary N) is 1. The van der Waals surface area contributed by atoms with Gasteiger partial charge in [-0.2, -0.15) is 0 Å². The molecular formula is C21H24N2O4. The molecule has 2 aliphatic rings. The number of carbonyl (C=O) groups is 1. The third-order valence-electron chi connectivity index (χ3n) is 5.10. The van der Waals surface area contributed by atoms with E-state index in [-0.39, 0.29) is 18.2 Å². The molecule has 6 heteroatoms. The van der Waals surface area contributed by atoms with Gasteiger partial charge in [-0.05, 0) is 31.2 Å². The van der Waals surface area contributed by atoms with Crippen LogP contribution in [0.5, 0.6) is 11.5 Å². The Morgan fingerprint density at radius 1 is 1.26 bits per heavy atom. The summed E-state index contributed by atoms with van der Waals surface area (Å²) in [5.41, 5.74) is 3.49. The molecule has 0 bridgehead atoms. The Kier molecular flexibility index (Phi) is 4.66. The fraction of sp³-hybridized carbons (Fsp3) is 0.381. The Labute approximate surface area is 159 Å². The molecule has 0 aromatic heterocycles. The molecule has 2 unspecified atom stereocenters. The summed E-state index contributed by atoms with van der Waals surface area (Å²) in [4.78, 5) is 14.9. The topological polar surface area (TPSA) is 60.0 Å². The lowest BCUT2D eigenvalue weighted by Gasteiger charge is -2.38. The van der Waals surface area contributed by atoms with Crippen LogP contribution in [0.2, 0.25) is 0 Å². The molecule has 6 nitrogen and oxygen atoms in total. The van der Waals surface area contributed by atoms with Crippen LogP contribution in [-0.4, -0.2) is 44.3 Å². The predicted molar refractivity (Wildman–Crippen MR) is 103 cm³/mol. The minimum atomic E-state index is -0.359. The van der Waals surface area contributed by atoms with Gasteiger partial charge in [0.2, 0.25) is 0 Å². The Morgan fingerprint density at radius 2 is 2.07 bits per heavy atom. The molecule has 0 aliphatic carbocycles. The van der Waals surface area contributed by atoms with E-state index >= 15 is 0 Å². The normalized spacial score (nSPS) is 20.6. The zero-order valence-corrected chi connectivity index (χ0v) is 15.8. The number of para-hydroxylation sites is 1. The number of benzene rings is 2. The first-order valence-electron chi connectivity index (χ1n) is 9.15. The Balaban J connectivity index is 1.79. The molecule has 27 heavy (non-hydrogen) atoms. The lowest BCUT2D eigenvalue weighted by Crippen LogP contribution is -2.44. The number of ether oxygens (including phenoxy) is 3. The zero-order chi connectivity index (χ0) is 19.0. The molecule has 0 saturated carbocycles. The number of fused-ring (bicyclic) bond motifs is 2. The molecule has 142 valence electrons. The lowest BCUT2D eigenvalue weighted by atomic mass is 10.00. The van der Waals surface area contributed by atoms with Gasteiger partial charge in [-0.15, -0.1) is 0 Å². The van der Waals surface area contributed by atoms with E-state index in [0.29, 0.717) is 18.7 Å². The van der Waals surface area contributed by atoms with E-state index in [1.54, 1.807) is 19.1 Å². The van der Waals surface area contributed by atoms with Crippen molar-refractivity contribution in [3.05, 3.63) is 53.1 Å². The van der Waals surface area contributed by atoms with Crippen molar-refractivity contribution in [2.75, 3.05) is 32.7 Å². The van der Waals surface area contributed by atoms with Crippen LogP contribution in [0.25, 0.3) is 0 Å². The number of hydrogen-bond acceptors (Lipinski definition) is 5. The average Bonchev–Trinajstić information content (AvgIpc) is 3.05. The van der Waals surface area contributed by atoms with Gasteiger partial charge < -0.3 is 24.4 Å². The molecule has 2 atom stereocenters. The molecule has 2 aromatic rings. The van der Waals surface area contributed by atoms with Crippen molar-refractivity contribution in [3.63, 3.8) is 0 Å². The zero-order valence-electron chi connectivity index (χ0n) is 15.8. The van der Waals surface area contributed by atoms with E-state index in [9.17, 15) is 4.79 Å². The quantitative estimate of drug-likeness (QED) is 0.878. The van der Waals surface area contributed by atoms with Gasteiger partial charge >= 0.3 is 0 Å². The van der Waals surface area contributed by atoms with E-state index < -0.39 is 0 Å². The molecule has 2 aromatic carbocycles. The fourth-order valence-electron chi connectivity index (χ4n) is 3.80. The summed E-state index contributed by atoms with van der Waals surface area (Å²) in [5, 5.41) is 3.49. The molecule has 0 radical (unpaired) electrons. The summed E-state index contributed by atoms with van der Waals surface area (Å²) in [6, 6.07) is 11.6. The molecule has 2 aliphatic heterocycles. The number of carbonyl (C=O) groups excluding carboxylic acids is 1. The Bertz CT molecular complexity index is 867. The molecule has 1 N–H and O–H groups in total. The highest BCUT2D eigenvalue weighted by Gasteiger charge is 2.35. The number of amides is 1. The number of anilines is 1. The van der Waals surface area contributed by atoms with E-state index in [1.165, 1.54) is 0 Å². The Hall–Kier alpha value is -2.73. The van der Waals surface area contributed by atoms with Gasteiger partial charge in [0.1, 0.15) is 23.8 Å². The van der Waals surface area contributed by atoms with E-state index in [0.717, 1.165) is 34.7 Å². The molecule has 0 saturated heterocycles. The van der Waals surface area contributed by atoms with Crippen molar-refractivity contribution in [2.24, 2.45) is 0 Å². The van der Waals surface area contributed by atoms with E-state index in [1.807, 2.05) is 36.4 Å². The highest BCUT2D eigenvalue weighted by molar-refractivity contribution is 6.01. The highest BCUT2D eigenvalue weighted by Crippen LogP contribution is 2.41. The SMILES string of the molecule is COCCN1C(=O)c2ccccc2NC1c1cc2c(cc1OC)CC(C)O2. The van der Waals surface area contributed by atoms with Crippen molar-refractivity contribution >= 4 is 11.6 Å². The van der Waals surface area contributed by atoms with Gasteiger partial charge in [0, 0.05) is 36.9 Å². The van der Waals surface area contributed by atoms with E-state index in [2.05, 4.69) is 12.2 Å². The van der Waals surface area contributed by atoms with Crippen LogP contribution in [0, 0.1) is 0 Å². The summed E-state index contributed by atoms with van der Waals surface area (Å²) in [5.74, 6) is 1.58. The second-order valence-electron chi connectivity index (χ2n) is 6.92. The maximum atomic E-state index is 13.2. The number of hydrogen-bond donors (Lipinski definition) is 1. The summed E-state index contributed by atoms with van der Waals surface area (Å²) in [6.07, 6.45) is 0.646. The van der Waals surface area contributed by atoms with Crippen LogP contribution in [0.15, 0.2) is 36.4 Å². The first-order valence-corrected chi connectivity index (χ1v) is 9.15. The second kappa shape index (κ2) is 7.12. The third kappa shape index (κ3) is 3.10. The van der Waals surface area contributed by atoms with Gasteiger partial charge in [0.25, 0.3) is 5.91 Å². The smallest absolute Gasteiger partial charge is 0.257 e. The number of methoxy groups -OCH3 is 2. The minimum absolute atomic E-state index is 0.0248. The molecular weight excluding hydrogens is 344 g/mol. The highest BCUT2D eigenvalue weighted by atomic mass is 16.5. The lowest BCUT2D eigenvalue weighted by molar-refractivity contribution is 0.0607. The van der Waals surface area contributed by atoms with Gasteiger partial charge in [-0.25, -0.2) is 0 Å². The first kappa shape index (κ1) is 17.7. The van der Waals surface area contributed by atoms with Crippen LogP contribution in [0.4, 0.5) is 5.69 Å². The van der Waals surface area contributed by atoms with Gasteiger partial charge in [-0.1, -0.05) is 12.1 Å². The van der Waals surface area contributed by atoms with Gasteiger partial charge in [0.05, 0.1) is 19.3 Å². The van der Waals surface area contributed by atoms with Crippen LogP contribution >= 0.6 is 0 Å². The van der Waals surface area contributed by atoms with Crippen molar-refractivity contribution in [1.29, 1.82) is 0 Å². The van der Waals surface area contributed by atoms with Crippen molar-refractivity contribution in [2.45, 2.75) is 25.6 Å². The Morgan fingerprint density at radius 3 is 2.85 bits per heavy atom. The maximum Gasteiger partial charge on any atom is 0.257 e. The minimum Gasteiger partial charge on any atom is -0.496 e. The van der Waals surface area contributed by atoms with E-state index in [4.69, 9.17) is 14.2 Å².